The molecule has 0 saturated carbocycles. The average molecular weight is 277 g/mol. The molecule has 1 saturated heterocycles. The maximum Gasteiger partial charge on any atom is 0.312 e. The minimum absolute atomic E-state index is 0.323. The highest BCUT2D eigenvalue weighted by atomic mass is 16.7. The summed E-state index contributed by atoms with van der Waals surface area (Å²) in [5.74, 6) is -1.26. The van der Waals surface area contributed by atoms with E-state index in [1.807, 2.05) is 6.92 Å². The second-order valence-electron chi connectivity index (χ2n) is 4.65. The van der Waals surface area contributed by atoms with Crippen LogP contribution in [-0.4, -0.2) is 58.6 Å². The van der Waals surface area contributed by atoms with E-state index >= 15 is 0 Å². The van der Waals surface area contributed by atoms with E-state index in [0.29, 0.717) is 19.4 Å². The number of unbranched alkanes of at least 4 members (excludes halogenated alkanes) is 1. The second kappa shape index (κ2) is 7.76. The number of ether oxygens (including phenoxy) is 1. The van der Waals surface area contributed by atoms with Crippen LogP contribution in [0.3, 0.4) is 0 Å². The summed E-state index contributed by atoms with van der Waals surface area (Å²) < 4.78 is 4.62. The first-order valence-electron chi connectivity index (χ1n) is 6.56. The van der Waals surface area contributed by atoms with E-state index in [9.17, 15) is 20.1 Å². The van der Waals surface area contributed by atoms with Crippen molar-refractivity contribution in [2.45, 2.75) is 51.2 Å². The van der Waals surface area contributed by atoms with Crippen molar-refractivity contribution in [3.63, 3.8) is 0 Å². The van der Waals surface area contributed by atoms with Gasteiger partial charge in [0.1, 0.15) is 6.23 Å². The smallest absolute Gasteiger partial charge is 0.312 e. The third-order valence-corrected chi connectivity index (χ3v) is 3.31. The molecule has 7 nitrogen and oxygen atoms in total. The van der Waals surface area contributed by atoms with Gasteiger partial charge in [-0.25, -0.2) is 0 Å². The van der Waals surface area contributed by atoms with Gasteiger partial charge >= 0.3 is 5.97 Å². The van der Waals surface area contributed by atoms with Crippen molar-refractivity contribution >= 4 is 5.97 Å². The standard InChI is InChI=1S/C12H23NO6/c1-3-4-7-19-13-9(11(15)16)6-5-8(10(13)14)12(17)18-2/h8-11,14-16H,3-7H2,1-2H3. The molecule has 3 N–H and O–H groups in total. The van der Waals surface area contributed by atoms with Gasteiger partial charge in [0, 0.05) is 0 Å². The fourth-order valence-corrected chi connectivity index (χ4v) is 2.16. The van der Waals surface area contributed by atoms with Crippen LogP contribution in [-0.2, 0) is 14.4 Å². The first kappa shape index (κ1) is 16.3. The molecule has 0 bridgehead atoms. The fourth-order valence-electron chi connectivity index (χ4n) is 2.16. The van der Waals surface area contributed by atoms with Gasteiger partial charge in [-0.2, -0.15) is 5.06 Å². The molecule has 0 radical (unpaired) electrons. The first-order valence-corrected chi connectivity index (χ1v) is 6.56. The average Bonchev–Trinajstić information content (AvgIpc) is 2.39. The van der Waals surface area contributed by atoms with Gasteiger partial charge in [-0.05, 0) is 19.3 Å². The molecule has 0 spiro atoms. The molecule has 1 heterocycles. The van der Waals surface area contributed by atoms with Crippen molar-refractivity contribution < 1.29 is 29.7 Å². The van der Waals surface area contributed by atoms with Gasteiger partial charge in [0.15, 0.2) is 6.29 Å². The molecule has 1 rings (SSSR count). The highest BCUT2D eigenvalue weighted by Gasteiger charge is 2.43. The number of carbonyl (C=O) groups excluding carboxylic acids is 1. The highest BCUT2D eigenvalue weighted by Crippen LogP contribution is 2.29. The van der Waals surface area contributed by atoms with Crippen molar-refractivity contribution in [3.8, 4) is 0 Å². The van der Waals surface area contributed by atoms with Gasteiger partial charge in [-0.1, -0.05) is 13.3 Å². The van der Waals surface area contributed by atoms with Crippen LogP contribution in [0.25, 0.3) is 0 Å². The van der Waals surface area contributed by atoms with E-state index in [0.717, 1.165) is 17.9 Å². The zero-order valence-corrected chi connectivity index (χ0v) is 11.4. The molecule has 112 valence electrons. The SMILES string of the molecule is CCCCON1C(O)C(C(=O)OC)CCC1C(O)O. The number of rotatable bonds is 6. The molecule has 0 aromatic heterocycles. The topological polar surface area (TPSA) is 99.5 Å². The Balaban J connectivity index is 2.72. The van der Waals surface area contributed by atoms with Crippen molar-refractivity contribution in [2.24, 2.45) is 5.92 Å². The van der Waals surface area contributed by atoms with E-state index in [4.69, 9.17) is 4.84 Å². The molecular formula is C12H23NO6. The largest absolute Gasteiger partial charge is 0.469 e. The normalized spacial score (nSPS) is 28.6. The van der Waals surface area contributed by atoms with E-state index < -0.39 is 30.4 Å². The minimum atomic E-state index is -1.63. The maximum atomic E-state index is 11.5. The number of nitrogens with zero attached hydrogens (tertiary/aromatic N) is 1. The summed E-state index contributed by atoms with van der Waals surface area (Å²) in [6, 6.07) is -0.743. The maximum absolute atomic E-state index is 11.5. The zero-order chi connectivity index (χ0) is 14.4. The Hall–Kier alpha value is -0.730. The third-order valence-electron chi connectivity index (χ3n) is 3.31. The summed E-state index contributed by atoms with van der Waals surface area (Å²) in [5, 5.41) is 29.9. The molecule has 1 aliphatic rings. The fraction of sp³-hybridized carbons (Fsp3) is 0.917. The number of methoxy groups -OCH3 is 1. The lowest BCUT2D eigenvalue weighted by Gasteiger charge is -2.41. The minimum Gasteiger partial charge on any atom is -0.469 e. The molecule has 0 aliphatic carbocycles. The van der Waals surface area contributed by atoms with Crippen LogP contribution in [0.1, 0.15) is 32.6 Å². The summed E-state index contributed by atoms with van der Waals surface area (Å²) in [6.07, 6.45) is -0.513. The molecular weight excluding hydrogens is 254 g/mol. The number of piperidine rings is 1. The summed E-state index contributed by atoms with van der Waals surface area (Å²) in [4.78, 5) is 16.9. The van der Waals surface area contributed by atoms with Crippen LogP contribution < -0.4 is 0 Å². The van der Waals surface area contributed by atoms with Crippen LogP contribution in [0.5, 0.6) is 0 Å². The van der Waals surface area contributed by atoms with Crippen molar-refractivity contribution in [3.05, 3.63) is 0 Å². The Morgan fingerprint density at radius 3 is 2.63 bits per heavy atom. The molecule has 1 fully saturated rings. The molecule has 7 heteroatoms. The van der Waals surface area contributed by atoms with Crippen LogP contribution in [0.2, 0.25) is 0 Å². The van der Waals surface area contributed by atoms with Crippen molar-refractivity contribution in [2.75, 3.05) is 13.7 Å². The Bertz CT molecular complexity index is 285. The van der Waals surface area contributed by atoms with E-state index in [-0.39, 0.29) is 0 Å². The van der Waals surface area contributed by atoms with Crippen LogP contribution >= 0.6 is 0 Å². The summed E-state index contributed by atoms with van der Waals surface area (Å²) in [7, 11) is 1.25. The van der Waals surface area contributed by atoms with E-state index in [1.165, 1.54) is 7.11 Å². The number of aliphatic hydroxyl groups is 3. The van der Waals surface area contributed by atoms with Gasteiger partial charge in [0.2, 0.25) is 0 Å². The molecule has 19 heavy (non-hydrogen) atoms. The van der Waals surface area contributed by atoms with Crippen molar-refractivity contribution in [1.29, 1.82) is 0 Å². The summed E-state index contributed by atoms with van der Waals surface area (Å²) in [6.45, 7) is 2.34. The lowest BCUT2D eigenvalue weighted by molar-refractivity contribution is -0.317. The number of aliphatic hydroxyl groups excluding tert-OH is 2. The molecule has 0 aromatic rings. The van der Waals surface area contributed by atoms with Gasteiger partial charge in [0.05, 0.1) is 25.7 Å². The van der Waals surface area contributed by atoms with E-state index in [1.54, 1.807) is 0 Å². The van der Waals surface area contributed by atoms with Crippen LogP contribution in [0.4, 0.5) is 0 Å². The second-order valence-corrected chi connectivity index (χ2v) is 4.65. The monoisotopic (exact) mass is 277 g/mol. The van der Waals surface area contributed by atoms with Crippen LogP contribution in [0.15, 0.2) is 0 Å². The summed E-state index contributed by atoms with van der Waals surface area (Å²) in [5.41, 5.74) is 0. The lowest BCUT2D eigenvalue weighted by Crippen LogP contribution is -2.56. The number of hydroxylamine groups is 2. The highest BCUT2D eigenvalue weighted by molar-refractivity contribution is 5.72. The molecule has 0 aromatic carbocycles. The molecule has 0 amide bonds. The first-order chi connectivity index (χ1) is 9.02. The predicted molar refractivity (Wildman–Crippen MR) is 65.5 cm³/mol. The molecule has 1 aliphatic heterocycles. The van der Waals surface area contributed by atoms with Gasteiger partial charge in [0.25, 0.3) is 0 Å². The quantitative estimate of drug-likeness (QED) is 0.345. The number of esters is 1. The van der Waals surface area contributed by atoms with Gasteiger partial charge < -0.3 is 20.1 Å². The predicted octanol–water partition coefficient (Wildman–Crippen LogP) is -0.399. The Morgan fingerprint density at radius 2 is 2.11 bits per heavy atom. The lowest BCUT2D eigenvalue weighted by atomic mass is 9.92. The Kier molecular flexibility index (Phi) is 6.67. The number of hydrogen-bond donors (Lipinski definition) is 3. The van der Waals surface area contributed by atoms with E-state index in [2.05, 4.69) is 4.74 Å². The third kappa shape index (κ3) is 4.12. The zero-order valence-electron chi connectivity index (χ0n) is 11.4. The van der Waals surface area contributed by atoms with Gasteiger partial charge in [-0.3, -0.25) is 9.63 Å². The Labute approximate surface area is 112 Å². The van der Waals surface area contributed by atoms with Crippen LogP contribution in [0, 0.1) is 5.92 Å². The summed E-state index contributed by atoms with van der Waals surface area (Å²) >= 11 is 0. The molecule has 3 unspecified atom stereocenters. The number of carbonyl (C=O) groups is 1. The Morgan fingerprint density at radius 1 is 1.42 bits per heavy atom. The molecule has 3 atom stereocenters. The number of hydrogen-bond acceptors (Lipinski definition) is 7. The van der Waals surface area contributed by atoms with Gasteiger partial charge in [-0.15, -0.1) is 0 Å². The van der Waals surface area contributed by atoms with Crippen molar-refractivity contribution in [1.82, 2.24) is 5.06 Å².